The van der Waals surface area contributed by atoms with Gasteiger partial charge in [-0.2, -0.15) is 0 Å². The minimum absolute atomic E-state index is 0.123. The molecule has 0 unspecified atom stereocenters. The highest BCUT2D eigenvalue weighted by Crippen LogP contribution is 2.22. The summed E-state index contributed by atoms with van der Waals surface area (Å²) in [7, 11) is 1.75. The van der Waals surface area contributed by atoms with Crippen LogP contribution in [0.15, 0.2) is 6.33 Å². The molecule has 0 saturated carbocycles. The van der Waals surface area contributed by atoms with Crippen molar-refractivity contribution in [2.75, 3.05) is 38.2 Å². The van der Waals surface area contributed by atoms with Crippen molar-refractivity contribution in [2.45, 2.75) is 19.9 Å². The first kappa shape index (κ1) is 15.7. The molecule has 2 heterocycles. The zero-order valence-electron chi connectivity index (χ0n) is 12.8. The average Bonchev–Trinajstić information content (AvgIpc) is 2.81. The van der Waals surface area contributed by atoms with E-state index in [1.54, 1.807) is 11.6 Å². The first-order valence-electron chi connectivity index (χ1n) is 7.22. The van der Waals surface area contributed by atoms with Gasteiger partial charge in [0.2, 0.25) is 12.1 Å². The largest absolute Gasteiger partial charge is 0.406 e. The highest BCUT2D eigenvalue weighted by Gasteiger charge is 2.26. The smallest absolute Gasteiger partial charge is 0.379 e. The van der Waals surface area contributed by atoms with Crippen LogP contribution in [0.2, 0.25) is 0 Å². The van der Waals surface area contributed by atoms with E-state index in [-0.39, 0.29) is 5.82 Å². The lowest BCUT2D eigenvalue weighted by Crippen LogP contribution is -2.49. The molecule has 21 heavy (non-hydrogen) atoms. The van der Waals surface area contributed by atoms with Crippen molar-refractivity contribution in [3.63, 3.8) is 0 Å². The first-order chi connectivity index (χ1) is 10.0. The molecular weight excluding hydrogens is 274 g/mol. The Morgan fingerprint density at radius 1 is 1.48 bits per heavy atom. The second-order valence-corrected chi connectivity index (χ2v) is 5.63. The number of nitro groups is 1. The number of imidazole rings is 1. The van der Waals surface area contributed by atoms with Gasteiger partial charge in [-0.1, -0.05) is 13.8 Å². The van der Waals surface area contributed by atoms with Crippen LogP contribution < -0.4 is 5.32 Å². The highest BCUT2D eigenvalue weighted by molar-refractivity contribution is 5.52. The number of rotatable bonds is 6. The predicted molar refractivity (Wildman–Crippen MR) is 79.4 cm³/mol. The molecule has 0 aliphatic carbocycles. The number of anilines is 1. The third-order valence-corrected chi connectivity index (χ3v) is 3.85. The van der Waals surface area contributed by atoms with Crippen molar-refractivity contribution in [3.8, 4) is 0 Å². The molecule has 1 aromatic rings. The molecule has 1 aliphatic rings. The molecule has 1 aromatic heterocycles. The number of aryl methyl sites for hydroxylation is 1. The van der Waals surface area contributed by atoms with E-state index in [1.807, 2.05) is 0 Å². The Hall–Kier alpha value is -1.67. The maximum Gasteiger partial charge on any atom is 0.406 e. The van der Waals surface area contributed by atoms with Gasteiger partial charge in [-0.15, -0.1) is 0 Å². The summed E-state index contributed by atoms with van der Waals surface area (Å²) < 4.78 is 7.03. The Morgan fingerprint density at radius 2 is 2.14 bits per heavy atom. The number of nitrogens with zero attached hydrogens (tertiary/aromatic N) is 4. The maximum atomic E-state index is 11.0. The van der Waals surface area contributed by atoms with Crippen molar-refractivity contribution in [1.29, 1.82) is 0 Å². The molecule has 2 rings (SSSR count). The van der Waals surface area contributed by atoms with E-state index in [1.165, 1.54) is 6.33 Å². The summed E-state index contributed by atoms with van der Waals surface area (Å²) >= 11 is 0. The average molecular weight is 297 g/mol. The summed E-state index contributed by atoms with van der Waals surface area (Å²) in [6.07, 6.45) is 1.46. The van der Waals surface area contributed by atoms with E-state index in [2.05, 4.69) is 29.0 Å². The molecule has 1 fully saturated rings. The van der Waals surface area contributed by atoms with Gasteiger partial charge in [-0.3, -0.25) is 9.47 Å². The topological polar surface area (TPSA) is 85.5 Å². The maximum absolute atomic E-state index is 11.0. The summed E-state index contributed by atoms with van der Waals surface area (Å²) in [4.78, 5) is 16.7. The third kappa shape index (κ3) is 3.70. The van der Waals surface area contributed by atoms with Crippen molar-refractivity contribution < 1.29 is 9.66 Å². The van der Waals surface area contributed by atoms with Crippen LogP contribution in [0.3, 0.4) is 0 Å². The fourth-order valence-corrected chi connectivity index (χ4v) is 2.65. The Bertz CT molecular complexity index is 482. The van der Waals surface area contributed by atoms with Gasteiger partial charge in [0.25, 0.3) is 0 Å². The Balaban J connectivity index is 2.05. The van der Waals surface area contributed by atoms with Crippen molar-refractivity contribution >= 4 is 11.6 Å². The van der Waals surface area contributed by atoms with Gasteiger partial charge in [0, 0.05) is 32.7 Å². The monoisotopic (exact) mass is 297 g/mol. The lowest BCUT2D eigenvalue weighted by Gasteiger charge is -2.37. The highest BCUT2D eigenvalue weighted by atomic mass is 16.6. The number of ether oxygens (including phenoxy) is 1. The second-order valence-electron chi connectivity index (χ2n) is 5.63. The normalized spacial score (nSPS) is 17.9. The van der Waals surface area contributed by atoms with Crippen LogP contribution in [0, 0.1) is 16.0 Å². The molecular formula is C13H23N5O3. The Labute approximate surface area is 124 Å². The Morgan fingerprint density at radius 3 is 2.71 bits per heavy atom. The van der Waals surface area contributed by atoms with E-state index in [0.717, 1.165) is 26.3 Å². The number of hydrogen-bond acceptors (Lipinski definition) is 6. The first-order valence-corrected chi connectivity index (χ1v) is 7.22. The van der Waals surface area contributed by atoms with Gasteiger partial charge >= 0.3 is 5.82 Å². The standard InChI is InChI=1S/C13H23N5O3/c1-10(2)11(17-4-6-21-7-5-17)8-14-12-13(18(19)20)15-9-16(12)3/h9-11,14H,4-8H2,1-3H3/t11-/m1/s1. The number of hydrogen-bond donors (Lipinski definition) is 1. The van der Waals surface area contributed by atoms with Crippen LogP contribution in [0.25, 0.3) is 0 Å². The van der Waals surface area contributed by atoms with Gasteiger partial charge in [-0.25, -0.2) is 0 Å². The molecule has 0 bridgehead atoms. The molecule has 0 amide bonds. The van der Waals surface area contributed by atoms with Crippen LogP contribution in [-0.4, -0.2) is 58.3 Å². The van der Waals surface area contributed by atoms with Crippen molar-refractivity contribution in [3.05, 3.63) is 16.4 Å². The van der Waals surface area contributed by atoms with E-state index < -0.39 is 4.92 Å². The molecule has 8 nitrogen and oxygen atoms in total. The quantitative estimate of drug-likeness (QED) is 0.625. The van der Waals surface area contributed by atoms with E-state index in [4.69, 9.17) is 4.74 Å². The lowest BCUT2D eigenvalue weighted by molar-refractivity contribution is -0.388. The SMILES string of the molecule is CC(C)[C@@H](CNc1c([N+](=O)[O-])ncn1C)N1CCOCC1. The molecule has 1 atom stereocenters. The summed E-state index contributed by atoms with van der Waals surface area (Å²) in [6.45, 7) is 8.27. The van der Waals surface area contributed by atoms with Gasteiger partial charge in [-0.05, 0) is 15.8 Å². The number of aromatic nitrogens is 2. The molecule has 0 spiro atoms. The summed E-state index contributed by atoms with van der Waals surface area (Å²) in [5.41, 5.74) is 0. The minimum atomic E-state index is -0.457. The van der Waals surface area contributed by atoms with E-state index >= 15 is 0 Å². The molecule has 1 N–H and O–H groups in total. The number of morpholine rings is 1. The molecule has 1 saturated heterocycles. The fourth-order valence-electron chi connectivity index (χ4n) is 2.65. The zero-order valence-corrected chi connectivity index (χ0v) is 12.8. The van der Waals surface area contributed by atoms with Gasteiger partial charge < -0.3 is 20.2 Å². The lowest BCUT2D eigenvalue weighted by atomic mass is 10.0. The summed E-state index contributed by atoms with van der Waals surface area (Å²) in [5, 5.41) is 14.2. The fraction of sp³-hybridized carbons (Fsp3) is 0.769. The van der Waals surface area contributed by atoms with Crippen LogP contribution >= 0.6 is 0 Å². The second kappa shape index (κ2) is 6.86. The van der Waals surface area contributed by atoms with Crippen LogP contribution in [0.5, 0.6) is 0 Å². The van der Waals surface area contributed by atoms with Gasteiger partial charge in [0.1, 0.15) is 0 Å². The molecule has 1 aliphatic heterocycles. The molecule has 8 heteroatoms. The van der Waals surface area contributed by atoms with E-state index in [9.17, 15) is 10.1 Å². The van der Waals surface area contributed by atoms with Crippen molar-refractivity contribution in [1.82, 2.24) is 14.5 Å². The predicted octanol–water partition coefficient (Wildman–Crippen LogP) is 1.10. The van der Waals surface area contributed by atoms with Crippen LogP contribution in [0.1, 0.15) is 13.8 Å². The van der Waals surface area contributed by atoms with Crippen molar-refractivity contribution in [2.24, 2.45) is 13.0 Å². The minimum Gasteiger partial charge on any atom is -0.379 e. The van der Waals surface area contributed by atoms with Gasteiger partial charge in [0.15, 0.2) is 0 Å². The van der Waals surface area contributed by atoms with Crippen LogP contribution in [0.4, 0.5) is 11.6 Å². The van der Waals surface area contributed by atoms with Gasteiger partial charge in [0.05, 0.1) is 13.2 Å². The van der Waals surface area contributed by atoms with Crippen LogP contribution in [-0.2, 0) is 11.8 Å². The Kier molecular flexibility index (Phi) is 5.13. The molecule has 0 aromatic carbocycles. The van der Waals surface area contributed by atoms with E-state index in [0.29, 0.717) is 24.3 Å². The zero-order chi connectivity index (χ0) is 15.4. The number of nitrogens with one attached hydrogen (secondary N) is 1. The molecule has 0 radical (unpaired) electrons. The third-order valence-electron chi connectivity index (χ3n) is 3.85. The summed E-state index contributed by atoms with van der Waals surface area (Å²) in [5.74, 6) is 0.781. The molecule has 118 valence electrons. The summed E-state index contributed by atoms with van der Waals surface area (Å²) in [6, 6.07) is 0.309.